The van der Waals surface area contributed by atoms with Crippen molar-refractivity contribution in [2.75, 3.05) is 13.7 Å². The Hall–Kier alpha value is -2.04. The lowest BCUT2D eigenvalue weighted by Gasteiger charge is -2.26. The van der Waals surface area contributed by atoms with Crippen molar-refractivity contribution < 1.29 is 19.1 Å². The van der Waals surface area contributed by atoms with Gasteiger partial charge < -0.3 is 14.8 Å². The summed E-state index contributed by atoms with van der Waals surface area (Å²) in [4.78, 5) is 23.3. The minimum Gasteiger partial charge on any atom is -0.484 e. The monoisotopic (exact) mass is 305 g/mol. The van der Waals surface area contributed by atoms with Crippen molar-refractivity contribution in [3.8, 4) is 5.75 Å². The van der Waals surface area contributed by atoms with Crippen molar-refractivity contribution >= 4 is 11.9 Å². The maximum Gasteiger partial charge on any atom is 0.337 e. The zero-order chi connectivity index (χ0) is 15.9. The van der Waals surface area contributed by atoms with Crippen LogP contribution in [0.1, 0.15) is 43.0 Å². The fraction of sp³-hybridized carbons (Fsp3) is 0.529. The maximum absolute atomic E-state index is 11.9. The van der Waals surface area contributed by atoms with E-state index in [4.69, 9.17) is 4.74 Å². The van der Waals surface area contributed by atoms with Crippen LogP contribution in [0.5, 0.6) is 5.75 Å². The minimum absolute atomic E-state index is 0.0450. The second kappa shape index (κ2) is 7.82. The molecule has 0 bridgehead atoms. The lowest BCUT2D eigenvalue weighted by Crippen LogP contribution is -2.39. The second-order valence-electron chi connectivity index (χ2n) is 5.83. The molecule has 22 heavy (non-hydrogen) atoms. The molecule has 0 radical (unpaired) electrons. The number of benzene rings is 1. The van der Waals surface area contributed by atoms with E-state index in [0.717, 1.165) is 31.6 Å². The largest absolute Gasteiger partial charge is 0.484 e. The Morgan fingerprint density at radius 1 is 1.23 bits per heavy atom. The molecule has 5 nitrogen and oxygen atoms in total. The van der Waals surface area contributed by atoms with Gasteiger partial charge in [-0.15, -0.1) is 0 Å². The Labute approximate surface area is 131 Å². The van der Waals surface area contributed by atoms with Gasteiger partial charge in [0.1, 0.15) is 5.75 Å². The number of carbonyl (C=O) groups excluding carboxylic acids is 2. The van der Waals surface area contributed by atoms with E-state index >= 15 is 0 Å². The maximum atomic E-state index is 11.9. The number of carbonyl (C=O) groups is 2. The molecule has 1 saturated carbocycles. The van der Waals surface area contributed by atoms with Gasteiger partial charge in [-0.1, -0.05) is 13.0 Å². The average molecular weight is 305 g/mol. The normalized spacial score (nSPS) is 21.0. The third-order valence-electron chi connectivity index (χ3n) is 4.01. The Balaban J connectivity index is 1.80. The molecule has 0 aromatic heterocycles. The van der Waals surface area contributed by atoms with E-state index < -0.39 is 5.97 Å². The topological polar surface area (TPSA) is 64.6 Å². The van der Waals surface area contributed by atoms with Crippen LogP contribution in [0.3, 0.4) is 0 Å². The molecule has 1 aliphatic rings. The van der Waals surface area contributed by atoms with Crippen molar-refractivity contribution in [1.82, 2.24) is 5.32 Å². The average Bonchev–Trinajstić information content (AvgIpc) is 2.54. The van der Waals surface area contributed by atoms with E-state index in [9.17, 15) is 9.59 Å². The molecule has 0 unspecified atom stereocenters. The van der Waals surface area contributed by atoms with Crippen molar-refractivity contribution in [3.05, 3.63) is 29.8 Å². The molecule has 1 aromatic carbocycles. The van der Waals surface area contributed by atoms with E-state index in [0.29, 0.717) is 11.3 Å². The summed E-state index contributed by atoms with van der Waals surface area (Å²) >= 11 is 0. The van der Waals surface area contributed by atoms with E-state index in [1.807, 2.05) is 0 Å². The number of hydrogen-bond donors (Lipinski definition) is 1. The number of esters is 1. The number of hydrogen-bond acceptors (Lipinski definition) is 4. The molecular formula is C17H23NO4. The predicted molar refractivity (Wildman–Crippen MR) is 82.8 cm³/mol. The van der Waals surface area contributed by atoms with Gasteiger partial charge in [-0.25, -0.2) is 4.79 Å². The van der Waals surface area contributed by atoms with Crippen LogP contribution in [0, 0.1) is 5.92 Å². The highest BCUT2D eigenvalue weighted by molar-refractivity contribution is 5.89. The summed E-state index contributed by atoms with van der Waals surface area (Å²) in [5.41, 5.74) is 0.404. The van der Waals surface area contributed by atoms with Gasteiger partial charge >= 0.3 is 5.97 Å². The van der Waals surface area contributed by atoms with Crippen LogP contribution in [-0.4, -0.2) is 31.6 Å². The van der Waals surface area contributed by atoms with Crippen LogP contribution >= 0.6 is 0 Å². The van der Waals surface area contributed by atoms with Crippen LogP contribution in [0.4, 0.5) is 0 Å². The Bertz CT molecular complexity index is 521. The molecule has 2 rings (SSSR count). The molecule has 0 atom stereocenters. The fourth-order valence-corrected chi connectivity index (χ4v) is 2.65. The summed E-state index contributed by atoms with van der Waals surface area (Å²) in [7, 11) is 1.33. The molecule has 1 aromatic rings. The molecular weight excluding hydrogens is 282 g/mol. The first kappa shape index (κ1) is 16.3. The predicted octanol–water partition coefficient (Wildman–Crippen LogP) is 2.55. The molecule has 0 heterocycles. The van der Waals surface area contributed by atoms with Crippen molar-refractivity contribution in [3.63, 3.8) is 0 Å². The third kappa shape index (κ3) is 4.76. The number of nitrogens with one attached hydrogen (secondary N) is 1. The van der Waals surface area contributed by atoms with E-state index in [1.54, 1.807) is 24.3 Å². The van der Waals surface area contributed by atoms with Crippen LogP contribution in [0.15, 0.2) is 24.3 Å². The van der Waals surface area contributed by atoms with Gasteiger partial charge in [0.15, 0.2) is 6.61 Å². The highest BCUT2D eigenvalue weighted by Crippen LogP contribution is 2.23. The Morgan fingerprint density at radius 3 is 2.64 bits per heavy atom. The van der Waals surface area contributed by atoms with E-state index in [2.05, 4.69) is 17.0 Å². The first-order chi connectivity index (χ1) is 10.6. The van der Waals surface area contributed by atoms with E-state index in [-0.39, 0.29) is 18.6 Å². The SMILES string of the molecule is COC(=O)c1cccc(OCC(=O)NC2CCC(C)CC2)c1. The number of rotatable bonds is 5. The van der Waals surface area contributed by atoms with Crippen molar-refractivity contribution in [1.29, 1.82) is 0 Å². The number of amides is 1. The number of ether oxygens (including phenoxy) is 2. The highest BCUT2D eigenvalue weighted by atomic mass is 16.5. The number of methoxy groups -OCH3 is 1. The second-order valence-corrected chi connectivity index (χ2v) is 5.83. The van der Waals surface area contributed by atoms with Crippen LogP contribution in [0.2, 0.25) is 0 Å². The van der Waals surface area contributed by atoms with Gasteiger partial charge in [-0.05, 0) is 49.8 Å². The molecule has 1 aliphatic carbocycles. The summed E-state index contributed by atoms with van der Waals surface area (Å²) < 4.78 is 10.1. The summed E-state index contributed by atoms with van der Waals surface area (Å²) in [6, 6.07) is 6.88. The highest BCUT2D eigenvalue weighted by Gasteiger charge is 2.19. The molecule has 120 valence electrons. The minimum atomic E-state index is -0.425. The standard InChI is InChI=1S/C17H23NO4/c1-12-6-8-14(9-7-12)18-16(19)11-22-15-5-3-4-13(10-15)17(20)21-2/h3-5,10,12,14H,6-9,11H2,1-2H3,(H,18,19). The smallest absolute Gasteiger partial charge is 0.337 e. The first-order valence-corrected chi connectivity index (χ1v) is 7.69. The molecule has 0 aliphatic heterocycles. The van der Waals surface area contributed by atoms with Gasteiger partial charge in [-0.2, -0.15) is 0 Å². The van der Waals surface area contributed by atoms with E-state index in [1.165, 1.54) is 7.11 Å². The molecule has 1 fully saturated rings. The van der Waals surface area contributed by atoms with Gasteiger partial charge in [0, 0.05) is 6.04 Å². The molecule has 1 N–H and O–H groups in total. The zero-order valence-electron chi connectivity index (χ0n) is 13.1. The quantitative estimate of drug-likeness (QED) is 0.849. The Morgan fingerprint density at radius 2 is 1.95 bits per heavy atom. The summed E-state index contributed by atoms with van der Waals surface area (Å²) in [6.45, 7) is 2.20. The van der Waals surface area contributed by atoms with Gasteiger partial charge in [-0.3, -0.25) is 4.79 Å². The molecule has 1 amide bonds. The Kier molecular flexibility index (Phi) is 5.81. The summed E-state index contributed by atoms with van der Waals surface area (Å²) in [5.74, 6) is 0.690. The lowest BCUT2D eigenvalue weighted by atomic mass is 9.87. The van der Waals surface area contributed by atoms with Gasteiger partial charge in [0.25, 0.3) is 5.91 Å². The van der Waals surface area contributed by atoms with Crippen LogP contribution in [0.25, 0.3) is 0 Å². The lowest BCUT2D eigenvalue weighted by molar-refractivity contribution is -0.124. The summed E-state index contributed by atoms with van der Waals surface area (Å²) in [6.07, 6.45) is 4.38. The molecule has 0 spiro atoms. The van der Waals surface area contributed by atoms with Crippen LogP contribution in [-0.2, 0) is 9.53 Å². The third-order valence-corrected chi connectivity index (χ3v) is 4.01. The van der Waals surface area contributed by atoms with Crippen LogP contribution < -0.4 is 10.1 Å². The first-order valence-electron chi connectivity index (χ1n) is 7.69. The molecule has 5 heteroatoms. The zero-order valence-corrected chi connectivity index (χ0v) is 13.1. The fourth-order valence-electron chi connectivity index (χ4n) is 2.65. The van der Waals surface area contributed by atoms with Gasteiger partial charge in [0.2, 0.25) is 0 Å². The molecule has 0 saturated heterocycles. The van der Waals surface area contributed by atoms with Crippen molar-refractivity contribution in [2.45, 2.75) is 38.6 Å². The van der Waals surface area contributed by atoms with Crippen molar-refractivity contribution in [2.24, 2.45) is 5.92 Å². The van der Waals surface area contributed by atoms with Gasteiger partial charge in [0.05, 0.1) is 12.7 Å². The summed E-state index contributed by atoms with van der Waals surface area (Å²) in [5, 5.41) is 3.00.